The molecule has 1 aliphatic heterocycles. The van der Waals surface area contributed by atoms with Gasteiger partial charge in [0.25, 0.3) is 0 Å². The van der Waals surface area contributed by atoms with Gasteiger partial charge in [0.05, 0.1) is 12.6 Å². The molecule has 8 nitrogen and oxygen atoms in total. The molecule has 9 heteroatoms. The Labute approximate surface area is 164 Å². The Hall–Kier alpha value is -4.01. The summed E-state index contributed by atoms with van der Waals surface area (Å²) in [5.74, 6) is -1.33. The zero-order valence-corrected chi connectivity index (χ0v) is 15.1. The average molecular weight is 393 g/mol. The number of aromatic nitrogens is 2. The molecule has 0 radical (unpaired) electrons. The standard InChI is InChI=1S/C20H16FN5O3/c21-13-5-1-11(2-6-13)15-10-23-26-16(9-17(27)25-19(15)26)20(29)24-14-7-3-12(4-8-14)18(22)28/h1-8,10,16H,9H2,(H2,22,28)(H,24,29)(H,25,27)/t16-/m1/s1. The highest BCUT2D eigenvalue weighted by molar-refractivity contribution is 6.03. The summed E-state index contributed by atoms with van der Waals surface area (Å²) in [6.45, 7) is 0. The van der Waals surface area contributed by atoms with Gasteiger partial charge in [0.15, 0.2) is 0 Å². The maximum Gasteiger partial charge on any atom is 0.249 e. The number of primary amides is 1. The van der Waals surface area contributed by atoms with Crippen molar-refractivity contribution in [1.82, 2.24) is 9.78 Å². The molecule has 2 heterocycles. The smallest absolute Gasteiger partial charge is 0.249 e. The predicted molar refractivity (Wildman–Crippen MR) is 103 cm³/mol. The molecule has 4 rings (SSSR count). The quantitative estimate of drug-likeness (QED) is 0.630. The number of fused-ring (bicyclic) bond motifs is 1. The molecule has 0 saturated heterocycles. The van der Waals surface area contributed by atoms with Gasteiger partial charge in [-0.3, -0.25) is 14.4 Å². The number of nitrogens with one attached hydrogen (secondary N) is 2. The molecular formula is C20H16FN5O3. The highest BCUT2D eigenvalue weighted by Crippen LogP contribution is 2.34. The monoisotopic (exact) mass is 393 g/mol. The zero-order chi connectivity index (χ0) is 20.5. The van der Waals surface area contributed by atoms with Crippen LogP contribution in [0.3, 0.4) is 0 Å². The van der Waals surface area contributed by atoms with Crippen molar-refractivity contribution < 1.29 is 18.8 Å². The first-order valence-electron chi connectivity index (χ1n) is 8.76. The predicted octanol–water partition coefficient (Wildman–Crippen LogP) is 2.31. The summed E-state index contributed by atoms with van der Waals surface area (Å²) >= 11 is 0. The summed E-state index contributed by atoms with van der Waals surface area (Å²) < 4.78 is 14.6. The van der Waals surface area contributed by atoms with Crippen molar-refractivity contribution in [2.75, 3.05) is 10.6 Å². The number of rotatable bonds is 4. The number of amides is 3. The Kier molecular flexibility index (Phi) is 4.55. The Morgan fingerprint density at radius 1 is 1.14 bits per heavy atom. The highest BCUT2D eigenvalue weighted by Gasteiger charge is 2.33. The number of carbonyl (C=O) groups is 3. The summed E-state index contributed by atoms with van der Waals surface area (Å²) in [5.41, 5.74) is 7.23. The third kappa shape index (κ3) is 3.57. The van der Waals surface area contributed by atoms with Gasteiger partial charge >= 0.3 is 0 Å². The summed E-state index contributed by atoms with van der Waals surface area (Å²) in [7, 11) is 0. The lowest BCUT2D eigenvalue weighted by Gasteiger charge is -2.24. The fourth-order valence-electron chi connectivity index (χ4n) is 3.16. The third-order valence-electron chi connectivity index (χ3n) is 4.62. The van der Waals surface area contributed by atoms with Gasteiger partial charge in [0.2, 0.25) is 17.7 Å². The van der Waals surface area contributed by atoms with Crippen LogP contribution in [0.2, 0.25) is 0 Å². The van der Waals surface area contributed by atoms with Gasteiger partial charge in [0, 0.05) is 16.8 Å². The minimum Gasteiger partial charge on any atom is -0.366 e. The van der Waals surface area contributed by atoms with E-state index in [-0.39, 0.29) is 18.1 Å². The van der Waals surface area contributed by atoms with E-state index in [0.29, 0.717) is 28.2 Å². The van der Waals surface area contributed by atoms with Crippen molar-refractivity contribution >= 4 is 29.2 Å². The van der Waals surface area contributed by atoms with E-state index in [2.05, 4.69) is 15.7 Å². The van der Waals surface area contributed by atoms with Crippen LogP contribution in [0.4, 0.5) is 15.9 Å². The molecule has 1 aromatic heterocycles. The van der Waals surface area contributed by atoms with Crippen molar-refractivity contribution in [2.45, 2.75) is 12.5 Å². The second-order valence-corrected chi connectivity index (χ2v) is 6.56. The van der Waals surface area contributed by atoms with Crippen LogP contribution in [0, 0.1) is 5.82 Å². The van der Waals surface area contributed by atoms with Crippen molar-refractivity contribution in [2.24, 2.45) is 5.73 Å². The minimum atomic E-state index is -0.858. The number of carbonyl (C=O) groups excluding carboxylic acids is 3. The van der Waals surface area contributed by atoms with Crippen LogP contribution < -0.4 is 16.4 Å². The number of nitrogens with two attached hydrogens (primary N) is 1. The molecule has 146 valence electrons. The fraction of sp³-hybridized carbons (Fsp3) is 0.100. The van der Waals surface area contributed by atoms with Gasteiger partial charge < -0.3 is 16.4 Å². The lowest BCUT2D eigenvalue weighted by atomic mass is 10.1. The number of anilines is 2. The fourth-order valence-corrected chi connectivity index (χ4v) is 3.16. The molecule has 0 aliphatic carbocycles. The van der Waals surface area contributed by atoms with Gasteiger partial charge in [-0.15, -0.1) is 0 Å². The number of nitrogens with zero attached hydrogens (tertiary/aromatic N) is 2. The molecule has 0 bridgehead atoms. The summed E-state index contributed by atoms with van der Waals surface area (Å²) in [6.07, 6.45) is 1.44. The lowest BCUT2D eigenvalue weighted by molar-refractivity contribution is -0.125. The van der Waals surface area contributed by atoms with E-state index >= 15 is 0 Å². The van der Waals surface area contributed by atoms with Crippen LogP contribution in [0.25, 0.3) is 11.1 Å². The molecule has 4 N–H and O–H groups in total. The number of hydrogen-bond donors (Lipinski definition) is 3. The first-order chi connectivity index (χ1) is 13.9. The molecule has 0 spiro atoms. The van der Waals surface area contributed by atoms with Crippen LogP contribution >= 0.6 is 0 Å². The second-order valence-electron chi connectivity index (χ2n) is 6.56. The molecule has 0 unspecified atom stereocenters. The highest BCUT2D eigenvalue weighted by atomic mass is 19.1. The molecule has 2 aromatic carbocycles. The van der Waals surface area contributed by atoms with Crippen LogP contribution in [0.5, 0.6) is 0 Å². The Morgan fingerprint density at radius 3 is 2.48 bits per heavy atom. The topological polar surface area (TPSA) is 119 Å². The molecule has 3 aromatic rings. The van der Waals surface area contributed by atoms with Crippen molar-refractivity contribution in [3.63, 3.8) is 0 Å². The maximum atomic E-state index is 13.2. The lowest BCUT2D eigenvalue weighted by Crippen LogP contribution is -2.35. The molecule has 0 saturated carbocycles. The van der Waals surface area contributed by atoms with Crippen molar-refractivity contribution in [1.29, 1.82) is 0 Å². The zero-order valence-electron chi connectivity index (χ0n) is 15.1. The molecule has 3 amide bonds. The minimum absolute atomic E-state index is 0.0806. The number of benzene rings is 2. The van der Waals surface area contributed by atoms with E-state index in [1.807, 2.05) is 0 Å². The van der Waals surface area contributed by atoms with Gasteiger partial charge in [-0.1, -0.05) is 12.1 Å². The average Bonchev–Trinajstić information content (AvgIpc) is 3.12. The molecule has 1 atom stereocenters. The van der Waals surface area contributed by atoms with Crippen molar-refractivity contribution in [3.05, 3.63) is 66.1 Å². The molecular weight excluding hydrogens is 377 g/mol. The molecule has 29 heavy (non-hydrogen) atoms. The van der Waals surface area contributed by atoms with E-state index in [4.69, 9.17) is 5.73 Å². The van der Waals surface area contributed by atoms with Gasteiger partial charge in [0.1, 0.15) is 17.7 Å². The van der Waals surface area contributed by atoms with E-state index in [1.54, 1.807) is 24.3 Å². The van der Waals surface area contributed by atoms with E-state index < -0.39 is 17.9 Å². The first kappa shape index (κ1) is 18.4. The van der Waals surface area contributed by atoms with Crippen LogP contribution in [0.1, 0.15) is 22.8 Å². The second kappa shape index (κ2) is 7.19. The van der Waals surface area contributed by atoms with Gasteiger partial charge in [-0.25, -0.2) is 9.07 Å². The van der Waals surface area contributed by atoms with E-state index in [0.717, 1.165) is 0 Å². The molecule has 1 aliphatic rings. The summed E-state index contributed by atoms with van der Waals surface area (Å²) in [6, 6.07) is 11.0. The Morgan fingerprint density at radius 2 is 1.83 bits per heavy atom. The normalized spacial score (nSPS) is 15.3. The summed E-state index contributed by atoms with van der Waals surface area (Å²) in [5, 5.41) is 9.70. The van der Waals surface area contributed by atoms with Crippen LogP contribution in [-0.2, 0) is 9.59 Å². The van der Waals surface area contributed by atoms with E-state index in [1.165, 1.54) is 35.1 Å². The Balaban J connectivity index is 1.61. The van der Waals surface area contributed by atoms with E-state index in [9.17, 15) is 18.8 Å². The largest absolute Gasteiger partial charge is 0.366 e. The number of halogens is 1. The Bertz CT molecular complexity index is 1110. The SMILES string of the molecule is NC(=O)c1ccc(NC(=O)[C@H]2CC(=O)Nc3c(-c4ccc(F)cc4)cnn32)cc1. The summed E-state index contributed by atoms with van der Waals surface area (Å²) in [4.78, 5) is 36.1. The maximum absolute atomic E-state index is 13.2. The van der Waals surface area contributed by atoms with Crippen molar-refractivity contribution in [3.8, 4) is 11.1 Å². The van der Waals surface area contributed by atoms with Gasteiger partial charge in [-0.2, -0.15) is 5.10 Å². The third-order valence-corrected chi connectivity index (χ3v) is 4.62. The van der Waals surface area contributed by atoms with Gasteiger partial charge in [-0.05, 0) is 42.0 Å². The van der Waals surface area contributed by atoms with Crippen LogP contribution in [-0.4, -0.2) is 27.5 Å². The molecule has 0 fully saturated rings. The first-order valence-corrected chi connectivity index (χ1v) is 8.76. The number of hydrogen-bond acceptors (Lipinski definition) is 4. The van der Waals surface area contributed by atoms with Crippen LogP contribution in [0.15, 0.2) is 54.7 Å².